The molecule has 5 nitrogen and oxygen atoms in total. The fraction of sp³-hybridized carbons (Fsp3) is 0.909. The smallest absolute Gasteiger partial charge is 0.249 e. The highest BCUT2D eigenvalue weighted by atomic mass is 16.5. The second kappa shape index (κ2) is 5.12. The normalized spacial score (nSPS) is 28.9. The predicted octanol–water partition coefficient (Wildman–Crippen LogP) is -0.177. The number of rotatable bonds is 3. The van der Waals surface area contributed by atoms with E-state index in [1.165, 1.54) is 0 Å². The van der Waals surface area contributed by atoms with Crippen LogP contribution in [0.5, 0.6) is 0 Å². The molecule has 0 aliphatic carbocycles. The van der Waals surface area contributed by atoms with Crippen molar-refractivity contribution in [3.05, 3.63) is 0 Å². The summed E-state index contributed by atoms with van der Waals surface area (Å²) < 4.78 is 10.4. The molecule has 0 spiro atoms. The minimum Gasteiger partial charge on any atom is -0.388 e. The van der Waals surface area contributed by atoms with Crippen LogP contribution >= 0.6 is 0 Å². The first-order valence-corrected chi connectivity index (χ1v) is 5.89. The number of carbonyl (C=O) groups excluding carboxylic acids is 1. The molecule has 2 aliphatic rings. The van der Waals surface area contributed by atoms with Gasteiger partial charge in [0.15, 0.2) is 0 Å². The van der Waals surface area contributed by atoms with Gasteiger partial charge < -0.3 is 19.9 Å². The Labute approximate surface area is 95.1 Å². The molecule has 2 fully saturated rings. The second-order valence-electron chi connectivity index (χ2n) is 4.56. The van der Waals surface area contributed by atoms with Crippen molar-refractivity contribution in [2.45, 2.75) is 37.4 Å². The molecule has 0 aromatic rings. The molecule has 5 heteroatoms. The van der Waals surface area contributed by atoms with E-state index in [1.54, 1.807) is 0 Å². The number of carbonyl (C=O) groups is 1. The van der Waals surface area contributed by atoms with Crippen LogP contribution in [-0.4, -0.2) is 49.1 Å². The molecule has 0 saturated carbocycles. The molecule has 0 bridgehead atoms. The fourth-order valence-electron chi connectivity index (χ4n) is 2.08. The molecule has 0 aromatic heterocycles. The predicted molar refractivity (Wildman–Crippen MR) is 57.0 cm³/mol. The number of hydrogen-bond acceptors (Lipinski definition) is 4. The van der Waals surface area contributed by atoms with Gasteiger partial charge in [-0.2, -0.15) is 0 Å². The highest BCUT2D eigenvalue weighted by Crippen LogP contribution is 2.19. The van der Waals surface area contributed by atoms with Crippen LogP contribution in [0.15, 0.2) is 0 Å². The molecule has 92 valence electrons. The zero-order chi connectivity index (χ0) is 11.4. The Morgan fingerprint density at radius 2 is 2.12 bits per heavy atom. The van der Waals surface area contributed by atoms with Gasteiger partial charge in [0.2, 0.25) is 5.91 Å². The standard InChI is InChI=1S/C11H19NO4/c13-10(9-2-1-5-16-9)12-8-11(14)3-6-15-7-4-11/h9,14H,1-8H2,(H,12,13). The van der Waals surface area contributed by atoms with Crippen molar-refractivity contribution in [2.24, 2.45) is 0 Å². The molecule has 2 N–H and O–H groups in total. The van der Waals surface area contributed by atoms with Crippen LogP contribution in [-0.2, 0) is 14.3 Å². The molecule has 16 heavy (non-hydrogen) atoms. The number of aliphatic hydroxyl groups is 1. The lowest BCUT2D eigenvalue weighted by Crippen LogP contribution is -2.48. The van der Waals surface area contributed by atoms with E-state index < -0.39 is 5.60 Å². The van der Waals surface area contributed by atoms with Crippen LogP contribution in [0.2, 0.25) is 0 Å². The van der Waals surface area contributed by atoms with Gasteiger partial charge in [-0.05, 0) is 12.8 Å². The van der Waals surface area contributed by atoms with Crippen molar-refractivity contribution < 1.29 is 19.4 Å². The summed E-state index contributed by atoms with van der Waals surface area (Å²) in [6, 6.07) is 0. The lowest BCUT2D eigenvalue weighted by Gasteiger charge is -2.32. The lowest BCUT2D eigenvalue weighted by atomic mass is 9.94. The average Bonchev–Trinajstić information content (AvgIpc) is 2.80. The van der Waals surface area contributed by atoms with Gasteiger partial charge in [0.05, 0.1) is 5.60 Å². The molecule has 0 aromatic carbocycles. The highest BCUT2D eigenvalue weighted by molar-refractivity contribution is 5.81. The quantitative estimate of drug-likeness (QED) is 0.704. The molecule has 1 unspecified atom stereocenters. The second-order valence-corrected chi connectivity index (χ2v) is 4.56. The summed E-state index contributed by atoms with van der Waals surface area (Å²) in [5.74, 6) is -0.0996. The minimum absolute atomic E-state index is 0.0996. The number of nitrogens with one attached hydrogen (secondary N) is 1. The van der Waals surface area contributed by atoms with Crippen molar-refractivity contribution in [3.63, 3.8) is 0 Å². The number of amides is 1. The van der Waals surface area contributed by atoms with Gasteiger partial charge in [0.1, 0.15) is 6.10 Å². The van der Waals surface area contributed by atoms with E-state index in [0.717, 1.165) is 12.8 Å². The first-order chi connectivity index (χ1) is 7.70. The van der Waals surface area contributed by atoms with Crippen molar-refractivity contribution >= 4 is 5.91 Å². The zero-order valence-electron chi connectivity index (χ0n) is 9.41. The summed E-state index contributed by atoms with van der Waals surface area (Å²) in [4.78, 5) is 11.7. The van der Waals surface area contributed by atoms with E-state index in [4.69, 9.17) is 9.47 Å². The Morgan fingerprint density at radius 3 is 2.75 bits per heavy atom. The van der Waals surface area contributed by atoms with Gasteiger partial charge in [0.25, 0.3) is 0 Å². The van der Waals surface area contributed by atoms with E-state index in [0.29, 0.717) is 39.2 Å². The van der Waals surface area contributed by atoms with Crippen LogP contribution in [0, 0.1) is 0 Å². The molecular formula is C11H19NO4. The maximum atomic E-state index is 11.7. The van der Waals surface area contributed by atoms with E-state index in [9.17, 15) is 9.90 Å². The van der Waals surface area contributed by atoms with Gasteiger partial charge in [-0.3, -0.25) is 4.79 Å². The van der Waals surface area contributed by atoms with Crippen molar-refractivity contribution in [1.29, 1.82) is 0 Å². The van der Waals surface area contributed by atoms with Crippen LogP contribution in [0.25, 0.3) is 0 Å². The molecule has 2 saturated heterocycles. The van der Waals surface area contributed by atoms with E-state index in [-0.39, 0.29) is 12.0 Å². The third-order valence-electron chi connectivity index (χ3n) is 3.24. The van der Waals surface area contributed by atoms with Crippen molar-refractivity contribution in [3.8, 4) is 0 Å². The Balaban J connectivity index is 1.75. The molecule has 2 rings (SSSR count). The summed E-state index contributed by atoms with van der Waals surface area (Å²) in [6.07, 6.45) is 2.57. The van der Waals surface area contributed by atoms with Crippen molar-refractivity contribution in [2.75, 3.05) is 26.4 Å². The van der Waals surface area contributed by atoms with Gasteiger partial charge in [-0.15, -0.1) is 0 Å². The SMILES string of the molecule is O=C(NCC1(O)CCOCC1)C1CCCO1. The van der Waals surface area contributed by atoms with Crippen molar-refractivity contribution in [1.82, 2.24) is 5.32 Å². The topological polar surface area (TPSA) is 67.8 Å². The van der Waals surface area contributed by atoms with E-state index in [2.05, 4.69) is 5.32 Å². The first kappa shape index (κ1) is 11.8. The van der Waals surface area contributed by atoms with Gasteiger partial charge in [-0.25, -0.2) is 0 Å². The Hall–Kier alpha value is -0.650. The van der Waals surface area contributed by atoms with Crippen LogP contribution < -0.4 is 5.32 Å². The summed E-state index contributed by atoms with van der Waals surface area (Å²) in [5, 5.41) is 12.9. The van der Waals surface area contributed by atoms with Crippen LogP contribution in [0.1, 0.15) is 25.7 Å². The average molecular weight is 229 g/mol. The maximum absolute atomic E-state index is 11.7. The van der Waals surface area contributed by atoms with Crippen LogP contribution in [0.3, 0.4) is 0 Å². The summed E-state index contributed by atoms with van der Waals surface area (Å²) in [6.45, 7) is 2.09. The van der Waals surface area contributed by atoms with E-state index >= 15 is 0 Å². The molecule has 2 aliphatic heterocycles. The monoisotopic (exact) mass is 229 g/mol. The Bertz CT molecular complexity index is 244. The fourth-order valence-corrected chi connectivity index (χ4v) is 2.08. The lowest BCUT2D eigenvalue weighted by molar-refractivity contribution is -0.132. The Morgan fingerprint density at radius 1 is 1.38 bits per heavy atom. The number of ether oxygens (including phenoxy) is 2. The summed E-state index contributed by atoms with van der Waals surface area (Å²) >= 11 is 0. The van der Waals surface area contributed by atoms with Gasteiger partial charge >= 0.3 is 0 Å². The number of hydrogen-bond donors (Lipinski definition) is 2. The molecule has 2 heterocycles. The largest absolute Gasteiger partial charge is 0.388 e. The third kappa shape index (κ3) is 2.93. The summed E-state index contributed by atoms with van der Waals surface area (Å²) in [5.41, 5.74) is -0.799. The Kier molecular flexibility index (Phi) is 3.78. The van der Waals surface area contributed by atoms with Gasteiger partial charge in [-0.1, -0.05) is 0 Å². The molecule has 1 amide bonds. The molecule has 1 atom stereocenters. The zero-order valence-corrected chi connectivity index (χ0v) is 9.41. The van der Waals surface area contributed by atoms with Crippen LogP contribution in [0.4, 0.5) is 0 Å². The first-order valence-electron chi connectivity index (χ1n) is 5.89. The minimum atomic E-state index is -0.799. The maximum Gasteiger partial charge on any atom is 0.249 e. The molecular weight excluding hydrogens is 210 g/mol. The summed E-state index contributed by atoms with van der Waals surface area (Å²) in [7, 11) is 0. The van der Waals surface area contributed by atoms with E-state index in [1.807, 2.05) is 0 Å². The molecule has 0 radical (unpaired) electrons. The highest BCUT2D eigenvalue weighted by Gasteiger charge is 2.31. The van der Waals surface area contributed by atoms with Gasteiger partial charge in [0, 0.05) is 39.2 Å². The third-order valence-corrected chi connectivity index (χ3v) is 3.24.